The second-order valence-corrected chi connectivity index (χ2v) is 4.62. The predicted molar refractivity (Wildman–Crippen MR) is 72.3 cm³/mol. The van der Waals surface area contributed by atoms with E-state index in [-0.39, 0.29) is 5.69 Å². The predicted octanol–water partition coefficient (Wildman–Crippen LogP) is 2.39. The molecule has 0 atom stereocenters. The normalized spacial score (nSPS) is 11.5. The Balaban J connectivity index is 3.08. The highest BCUT2D eigenvalue weighted by Gasteiger charge is 2.25. The molecule has 102 valence electrons. The van der Waals surface area contributed by atoms with Gasteiger partial charge < -0.3 is 10.5 Å². The van der Waals surface area contributed by atoms with Crippen LogP contribution in [0.3, 0.4) is 0 Å². The standard InChI is InChI=1S/C13H16N2O4/c1-13(2,12(16)19-3)7-6-9-8-10(15(17)18)4-5-11(9)14/h4-8H,14H2,1-3H3. The van der Waals surface area contributed by atoms with Crippen molar-refractivity contribution in [3.63, 3.8) is 0 Å². The van der Waals surface area contributed by atoms with E-state index in [4.69, 9.17) is 5.73 Å². The summed E-state index contributed by atoms with van der Waals surface area (Å²) >= 11 is 0. The number of carbonyl (C=O) groups is 1. The Labute approximate surface area is 111 Å². The quantitative estimate of drug-likeness (QED) is 0.390. The third-order valence-electron chi connectivity index (χ3n) is 2.67. The second-order valence-electron chi connectivity index (χ2n) is 4.62. The van der Waals surface area contributed by atoms with Crippen molar-refractivity contribution in [2.75, 3.05) is 12.8 Å². The van der Waals surface area contributed by atoms with Gasteiger partial charge in [-0.2, -0.15) is 0 Å². The average molecular weight is 264 g/mol. The van der Waals surface area contributed by atoms with Crippen molar-refractivity contribution >= 4 is 23.4 Å². The number of anilines is 1. The Kier molecular flexibility index (Phi) is 4.26. The zero-order valence-corrected chi connectivity index (χ0v) is 11.0. The van der Waals surface area contributed by atoms with E-state index in [1.807, 2.05) is 0 Å². The molecule has 0 aliphatic rings. The summed E-state index contributed by atoms with van der Waals surface area (Å²) < 4.78 is 4.67. The van der Waals surface area contributed by atoms with Crippen molar-refractivity contribution in [1.82, 2.24) is 0 Å². The number of esters is 1. The van der Waals surface area contributed by atoms with E-state index >= 15 is 0 Å². The van der Waals surface area contributed by atoms with Crippen LogP contribution in [0.15, 0.2) is 24.3 Å². The van der Waals surface area contributed by atoms with Gasteiger partial charge in [-0.1, -0.05) is 12.2 Å². The van der Waals surface area contributed by atoms with Crippen molar-refractivity contribution in [3.8, 4) is 0 Å². The van der Waals surface area contributed by atoms with Gasteiger partial charge in [0.25, 0.3) is 5.69 Å². The van der Waals surface area contributed by atoms with E-state index in [2.05, 4.69) is 4.74 Å². The molecule has 1 rings (SSSR count). The minimum Gasteiger partial charge on any atom is -0.468 e. The fraction of sp³-hybridized carbons (Fsp3) is 0.308. The van der Waals surface area contributed by atoms with Crippen LogP contribution >= 0.6 is 0 Å². The highest BCUT2D eigenvalue weighted by Crippen LogP contribution is 2.25. The van der Waals surface area contributed by atoms with Gasteiger partial charge in [0.05, 0.1) is 17.4 Å². The van der Waals surface area contributed by atoms with Crippen LogP contribution in [-0.4, -0.2) is 18.0 Å². The van der Waals surface area contributed by atoms with Crippen molar-refractivity contribution in [2.24, 2.45) is 5.41 Å². The molecule has 0 bridgehead atoms. The van der Waals surface area contributed by atoms with E-state index in [0.717, 1.165) is 0 Å². The molecule has 0 aliphatic heterocycles. The zero-order chi connectivity index (χ0) is 14.6. The maximum absolute atomic E-state index is 11.5. The first-order valence-electron chi connectivity index (χ1n) is 5.59. The fourth-order valence-electron chi connectivity index (χ4n) is 1.45. The zero-order valence-electron chi connectivity index (χ0n) is 11.0. The molecule has 0 amide bonds. The number of methoxy groups -OCH3 is 1. The van der Waals surface area contributed by atoms with Crippen LogP contribution in [0.5, 0.6) is 0 Å². The van der Waals surface area contributed by atoms with Gasteiger partial charge in [0.1, 0.15) is 0 Å². The van der Waals surface area contributed by atoms with Crippen LogP contribution in [0.25, 0.3) is 6.08 Å². The van der Waals surface area contributed by atoms with Crippen LogP contribution in [-0.2, 0) is 9.53 Å². The van der Waals surface area contributed by atoms with Crippen molar-refractivity contribution in [1.29, 1.82) is 0 Å². The molecule has 1 aromatic rings. The number of ether oxygens (including phenoxy) is 1. The number of carbonyl (C=O) groups excluding carboxylic acids is 1. The van der Waals surface area contributed by atoms with E-state index in [0.29, 0.717) is 11.3 Å². The molecule has 2 N–H and O–H groups in total. The van der Waals surface area contributed by atoms with E-state index in [1.54, 1.807) is 26.0 Å². The van der Waals surface area contributed by atoms with Gasteiger partial charge in [0.15, 0.2) is 0 Å². The number of rotatable bonds is 4. The molecular formula is C13H16N2O4. The molecule has 0 spiro atoms. The molecule has 0 saturated heterocycles. The molecule has 6 nitrogen and oxygen atoms in total. The van der Waals surface area contributed by atoms with E-state index in [9.17, 15) is 14.9 Å². The highest BCUT2D eigenvalue weighted by atomic mass is 16.6. The Bertz CT molecular complexity index is 535. The Morgan fingerprint density at radius 1 is 1.47 bits per heavy atom. The average Bonchev–Trinajstić information content (AvgIpc) is 2.36. The van der Waals surface area contributed by atoms with Crippen molar-refractivity contribution in [2.45, 2.75) is 13.8 Å². The first-order chi connectivity index (χ1) is 8.77. The first-order valence-corrected chi connectivity index (χ1v) is 5.59. The molecule has 0 aromatic heterocycles. The van der Waals surface area contributed by atoms with Gasteiger partial charge >= 0.3 is 5.97 Å². The molecule has 0 fully saturated rings. The number of benzene rings is 1. The summed E-state index contributed by atoms with van der Waals surface area (Å²) in [5.74, 6) is -0.396. The van der Waals surface area contributed by atoms with Crippen LogP contribution in [0.1, 0.15) is 19.4 Å². The van der Waals surface area contributed by atoms with Gasteiger partial charge in [-0.25, -0.2) is 0 Å². The van der Waals surface area contributed by atoms with E-state index < -0.39 is 16.3 Å². The number of hydrogen-bond donors (Lipinski definition) is 1. The van der Waals surface area contributed by atoms with Crippen molar-refractivity contribution in [3.05, 3.63) is 40.0 Å². The number of non-ortho nitro benzene ring substituents is 1. The van der Waals surface area contributed by atoms with Crippen LogP contribution in [0.4, 0.5) is 11.4 Å². The maximum atomic E-state index is 11.5. The van der Waals surface area contributed by atoms with Gasteiger partial charge in [0, 0.05) is 23.4 Å². The summed E-state index contributed by atoms with van der Waals surface area (Å²) in [7, 11) is 1.31. The summed E-state index contributed by atoms with van der Waals surface area (Å²) in [5.41, 5.74) is 5.76. The number of nitrogens with zero attached hydrogens (tertiary/aromatic N) is 1. The second kappa shape index (κ2) is 5.51. The summed E-state index contributed by atoms with van der Waals surface area (Å²) in [6, 6.07) is 4.15. The first kappa shape index (κ1) is 14.7. The monoisotopic (exact) mass is 264 g/mol. The molecule has 19 heavy (non-hydrogen) atoms. The van der Waals surface area contributed by atoms with Crippen LogP contribution in [0, 0.1) is 15.5 Å². The number of nitro groups is 1. The fourth-order valence-corrected chi connectivity index (χ4v) is 1.45. The Morgan fingerprint density at radius 3 is 2.63 bits per heavy atom. The number of nitrogens with two attached hydrogens (primary N) is 1. The van der Waals surface area contributed by atoms with Gasteiger partial charge in [-0.05, 0) is 19.9 Å². The minimum atomic E-state index is -0.828. The lowest BCUT2D eigenvalue weighted by atomic mass is 9.92. The van der Waals surface area contributed by atoms with E-state index in [1.165, 1.54) is 25.3 Å². The third kappa shape index (κ3) is 3.54. The highest BCUT2D eigenvalue weighted by molar-refractivity contribution is 5.80. The summed E-state index contributed by atoms with van der Waals surface area (Å²) in [6.07, 6.45) is 3.19. The minimum absolute atomic E-state index is 0.0512. The van der Waals surface area contributed by atoms with Crippen LogP contribution < -0.4 is 5.73 Å². The Morgan fingerprint density at radius 2 is 2.11 bits per heavy atom. The van der Waals surface area contributed by atoms with Crippen molar-refractivity contribution < 1.29 is 14.5 Å². The van der Waals surface area contributed by atoms with Gasteiger partial charge in [-0.15, -0.1) is 0 Å². The molecular weight excluding hydrogens is 248 g/mol. The third-order valence-corrected chi connectivity index (χ3v) is 2.67. The molecule has 6 heteroatoms. The lowest BCUT2D eigenvalue weighted by Gasteiger charge is -2.16. The summed E-state index contributed by atoms with van der Waals surface area (Å²) in [4.78, 5) is 21.7. The summed E-state index contributed by atoms with van der Waals surface area (Å²) in [5, 5.41) is 10.7. The molecule has 0 saturated carbocycles. The number of nitro benzene ring substituents is 1. The maximum Gasteiger partial charge on any atom is 0.315 e. The lowest BCUT2D eigenvalue weighted by molar-refractivity contribution is -0.384. The Hall–Kier alpha value is -2.37. The topological polar surface area (TPSA) is 95.5 Å². The number of nitrogen functional groups attached to an aromatic ring is 1. The SMILES string of the molecule is COC(=O)C(C)(C)C=Cc1cc([N+](=O)[O-])ccc1N. The molecule has 0 aliphatic carbocycles. The van der Waals surface area contributed by atoms with Gasteiger partial charge in [0.2, 0.25) is 0 Å². The molecule has 0 heterocycles. The lowest BCUT2D eigenvalue weighted by Crippen LogP contribution is -2.22. The molecule has 0 unspecified atom stereocenters. The molecule has 1 aromatic carbocycles. The largest absolute Gasteiger partial charge is 0.468 e. The van der Waals surface area contributed by atoms with Gasteiger partial charge in [-0.3, -0.25) is 14.9 Å². The molecule has 0 radical (unpaired) electrons. The smallest absolute Gasteiger partial charge is 0.315 e. The van der Waals surface area contributed by atoms with Crippen LogP contribution in [0.2, 0.25) is 0 Å². The summed E-state index contributed by atoms with van der Waals surface area (Å²) in [6.45, 7) is 3.37. The number of hydrogen-bond acceptors (Lipinski definition) is 5.